The van der Waals surface area contributed by atoms with Crippen LogP contribution in [0.2, 0.25) is 0 Å². The predicted molar refractivity (Wildman–Crippen MR) is 67.8 cm³/mol. The molecule has 1 rings (SSSR count). The van der Waals surface area contributed by atoms with Crippen molar-refractivity contribution in [1.29, 1.82) is 0 Å². The maximum atomic E-state index is 10.7. The average molecular weight is 322 g/mol. The van der Waals surface area contributed by atoms with Gasteiger partial charge in [0.2, 0.25) is 0 Å². The molecule has 0 saturated carbocycles. The summed E-state index contributed by atoms with van der Waals surface area (Å²) in [4.78, 5) is 12.7. The highest BCUT2D eigenvalue weighted by Gasteiger charge is 2.50. The standard InChI is InChI=1S/C9H15Cl3N2O4/c10-9(11,12)8(16,18-7(13)15)1-2-14-3-5-17-6-4-14/h16H,1-6H2,(H2,13,15). The van der Waals surface area contributed by atoms with E-state index in [4.69, 9.17) is 45.3 Å². The van der Waals surface area contributed by atoms with Crippen molar-refractivity contribution in [2.45, 2.75) is 16.0 Å². The van der Waals surface area contributed by atoms with Gasteiger partial charge in [-0.05, 0) is 0 Å². The number of ether oxygens (including phenoxy) is 2. The van der Waals surface area contributed by atoms with E-state index in [9.17, 15) is 9.90 Å². The van der Waals surface area contributed by atoms with Crippen molar-refractivity contribution < 1.29 is 19.4 Å². The Balaban J connectivity index is 2.58. The van der Waals surface area contributed by atoms with Crippen LogP contribution in [0.3, 0.4) is 0 Å². The van der Waals surface area contributed by atoms with Crippen molar-refractivity contribution >= 4 is 40.9 Å². The van der Waals surface area contributed by atoms with Crippen LogP contribution >= 0.6 is 34.8 Å². The number of aliphatic hydroxyl groups is 1. The molecule has 1 amide bonds. The number of primary amides is 1. The third kappa shape index (κ3) is 4.60. The number of nitrogens with two attached hydrogens (primary N) is 1. The number of amides is 1. The van der Waals surface area contributed by atoms with Gasteiger partial charge >= 0.3 is 6.09 Å². The van der Waals surface area contributed by atoms with Crippen LogP contribution in [0.4, 0.5) is 4.79 Å². The molecule has 0 aliphatic carbocycles. The van der Waals surface area contributed by atoms with Crippen LogP contribution in [-0.4, -0.2) is 58.5 Å². The van der Waals surface area contributed by atoms with Gasteiger partial charge < -0.3 is 20.3 Å². The molecule has 1 atom stereocenters. The molecule has 1 unspecified atom stereocenters. The molecule has 0 aromatic heterocycles. The lowest BCUT2D eigenvalue weighted by Gasteiger charge is -2.35. The number of alkyl halides is 3. The molecule has 106 valence electrons. The summed E-state index contributed by atoms with van der Waals surface area (Å²) in [5, 5.41) is 10.1. The predicted octanol–water partition coefficient (Wildman–Crippen LogP) is 0.863. The summed E-state index contributed by atoms with van der Waals surface area (Å²) in [5.41, 5.74) is 4.85. The Morgan fingerprint density at radius 2 is 1.94 bits per heavy atom. The third-order valence-electron chi connectivity index (χ3n) is 2.58. The normalized spacial score (nSPS) is 21.3. The Morgan fingerprint density at radius 1 is 1.39 bits per heavy atom. The molecule has 6 nitrogen and oxygen atoms in total. The minimum absolute atomic E-state index is 0.0631. The van der Waals surface area contributed by atoms with Crippen LogP contribution in [0.1, 0.15) is 6.42 Å². The first-order valence-electron chi connectivity index (χ1n) is 5.32. The van der Waals surface area contributed by atoms with E-state index in [1.165, 1.54) is 0 Å². The van der Waals surface area contributed by atoms with Gasteiger partial charge in [-0.1, -0.05) is 34.8 Å². The van der Waals surface area contributed by atoms with Crippen LogP contribution in [0.25, 0.3) is 0 Å². The Morgan fingerprint density at radius 3 is 2.39 bits per heavy atom. The highest BCUT2D eigenvalue weighted by atomic mass is 35.6. The molecule has 0 spiro atoms. The average Bonchev–Trinajstić information content (AvgIpc) is 2.25. The number of carbonyl (C=O) groups is 1. The van der Waals surface area contributed by atoms with Crippen molar-refractivity contribution in [3.05, 3.63) is 0 Å². The lowest BCUT2D eigenvalue weighted by Crippen LogP contribution is -2.51. The SMILES string of the molecule is NC(=O)OC(O)(CCN1CCOCC1)C(Cl)(Cl)Cl. The lowest BCUT2D eigenvalue weighted by molar-refractivity contribution is -0.164. The van der Waals surface area contributed by atoms with Crippen LogP contribution in [0.15, 0.2) is 0 Å². The number of hydrogen-bond acceptors (Lipinski definition) is 5. The second-order valence-corrected chi connectivity index (χ2v) is 6.19. The van der Waals surface area contributed by atoms with E-state index < -0.39 is 15.7 Å². The number of morpholine rings is 1. The fraction of sp³-hybridized carbons (Fsp3) is 0.889. The van der Waals surface area contributed by atoms with Crippen molar-refractivity contribution in [1.82, 2.24) is 4.90 Å². The zero-order valence-corrected chi connectivity index (χ0v) is 11.8. The molecule has 0 radical (unpaired) electrons. The Bertz CT molecular complexity index is 294. The molecule has 1 fully saturated rings. The van der Waals surface area contributed by atoms with Crippen molar-refractivity contribution in [2.24, 2.45) is 5.73 Å². The number of halogens is 3. The Kier molecular flexibility index (Phi) is 5.76. The van der Waals surface area contributed by atoms with E-state index in [0.717, 1.165) is 0 Å². The van der Waals surface area contributed by atoms with Crippen LogP contribution < -0.4 is 5.73 Å². The van der Waals surface area contributed by atoms with E-state index in [1.54, 1.807) is 0 Å². The molecular weight excluding hydrogens is 306 g/mol. The van der Waals surface area contributed by atoms with Gasteiger partial charge in [-0.3, -0.25) is 4.90 Å². The molecule has 18 heavy (non-hydrogen) atoms. The van der Waals surface area contributed by atoms with E-state index in [-0.39, 0.29) is 6.42 Å². The van der Waals surface area contributed by atoms with Crippen LogP contribution in [0, 0.1) is 0 Å². The van der Waals surface area contributed by atoms with Gasteiger partial charge in [0.25, 0.3) is 9.58 Å². The maximum Gasteiger partial charge on any atom is 0.407 e. The van der Waals surface area contributed by atoms with Gasteiger partial charge in [0.1, 0.15) is 0 Å². The number of hydrogen-bond donors (Lipinski definition) is 2. The molecule has 1 aliphatic rings. The summed E-state index contributed by atoms with van der Waals surface area (Å²) in [6.45, 7) is 2.99. The van der Waals surface area contributed by atoms with E-state index in [1.807, 2.05) is 4.90 Å². The highest BCUT2D eigenvalue weighted by Crippen LogP contribution is 2.41. The van der Waals surface area contributed by atoms with Crippen molar-refractivity contribution in [2.75, 3.05) is 32.8 Å². The molecule has 3 N–H and O–H groups in total. The van der Waals surface area contributed by atoms with E-state index in [2.05, 4.69) is 4.74 Å². The number of carbonyl (C=O) groups excluding carboxylic acids is 1. The molecular formula is C9H15Cl3N2O4. The quantitative estimate of drug-likeness (QED) is 0.592. The second kappa shape index (κ2) is 6.45. The van der Waals surface area contributed by atoms with Gasteiger partial charge in [0, 0.05) is 26.1 Å². The summed E-state index contributed by atoms with van der Waals surface area (Å²) in [5.74, 6) is -2.25. The Labute approximate surface area is 120 Å². The fourth-order valence-corrected chi connectivity index (χ4v) is 1.95. The molecule has 1 aliphatic heterocycles. The van der Waals surface area contributed by atoms with Crippen molar-refractivity contribution in [3.8, 4) is 0 Å². The van der Waals surface area contributed by atoms with Gasteiger partial charge in [-0.15, -0.1) is 0 Å². The summed E-state index contributed by atoms with van der Waals surface area (Å²) in [6, 6.07) is 0. The first-order chi connectivity index (χ1) is 8.24. The third-order valence-corrected chi connectivity index (χ3v) is 3.47. The minimum Gasteiger partial charge on any atom is -0.412 e. The topological polar surface area (TPSA) is 85.0 Å². The molecule has 1 heterocycles. The zero-order valence-electron chi connectivity index (χ0n) is 9.57. The highest BCUT2D eigenvalue weighted by molar-refractivity contribution is 6.68. The summed E-state index contributed by atoms with van der Waals surface area (Å²) in [6.07, 6.45) is -1.27. The molecule has 0 aromatic rings. The van der Waals surface area contributed by atoms with Gasteiger partial charge in [-0.25, -0.2) is 4.79 Å². The number of rotatable bonds is 4. The first kappa shape index (κ1) is 16.1. The maximum absolute atomic E-state index is 10.7. The molecule has 9 heteroatoms. The first-order valence-corrected chi connectivity index (χ1v) is 6.46. The van der Waals surface area contributed by atoms with Crippen molar-refractivity contribution in [3.63, 3.8) is 0 Å². The molecule has 0 aromatic carbocycles. The summed E-state index contributed by atoms with van der Waals surface area (Å²) < 4.78 is 7.54. The van der Waals surface area contributed by atoms with Crippen LogP contribution in [-0.2, 0) is 9.47 Å². The smallest absolute Gasteiger partial charge is 0.407 e. The second-order valence-electron chi connectivity index (χ2n) is 3.91. The lowest BCUT2D eigenvalue weighted by atomic mass is 10.2. The van der Waals surface area contributed by atoms with Gasteiger partial charge in [-0.2, -0.15) is 0 Å². The molecule has 0 bridgehead atoms. The van der Waals surface area contributed by atoms with Crippen LogP contribution in [0.5, 0.6) is 0 Å². The largest absolute Gasteiger partial charge is 0.412 e. The Hall–Kier alpha value is 0.0200. The summed E-state index contributed by atoms with van der Waals surface area (Å²) >= 11 is 16.8. The zero-order chi connectivity index (χ0) is 13.8. The minimum atomic E-state index is -2.25. The number of nitrogens with zero attached hydrogens (tertiary/aromatic N) is 1. The summed E-state index contributed by atoms with van der Waals surface area (Å²) in [7, 11) is 0. The van der Waals surface area contributed by atoms with Gasteiger partial charge in [0.15, 0.2) is 0 Å². The van der Waals surface area contributed by atoms with E-state index >= 15 is 0 Å². The molecule has 1 saturated heterocycles. The van der Waals surface area contributed by atoms with E-state index in [0.29, 0.717) is 32.8 Å². The fourth-order valence-electron chi connectivity index (χ4n) is 1.55. The van der Waals surface area contributed by atoms with Gasteiger partial charge in [0.05, 0.1) is 13.2 Å². The monoisotopic (exact) mass is 320 g/mol.